The number of sulfonamides is 1. The van der Waals surface area contributed by atoms with Crippen LogP contribution in [0.25, 0.3) is 0 Å². The van der Waals surface area contributed by atoms with Crippen LogP contribution in [-0.4, -0.2) is 36.5 Å². The lowest BCUT2D eigenvalue weighted by atomic mass is 10.1. The topological polar surface area (TPSA) is 57.6 Å². The molecule has 0 aromatic heterocycles. The van der Waals surface area contributed by atoms with Crippen LogP contribution in [0.5, 0.6) is 0 Å². The van der Waals surface area contributed by atoms with Gasteiger partial charge in [-0.2, -0.15) is 4.31 Å². The lowest BCUT2D eigenvalue weighted by Crippen LogP contribution is -2.42. The van der Waals surface area contributed by atoms with E-state index in [-0.39, 0.29) is 6.54 Å². The maximum Gasteiger partial charge on any atom is 0.243 e. The first-order valence-corrected chi connectivity index (χ1v) is 7.40. The summed E-state index contributed by atoms with van der Waals surface area (Å²) in [5.74, 6) is 0. The van der Waals surface area contributed by atoms with E-state index in [9.17, 15) is 13.5 Å². The minimum atomic E-state index is -3.54. The number of nitrogens with zero attached hydrogens (tertiary/aromatic N) is 1. The van der Waals surface area contributed by atoms with Crippen LogP contribution in [0.3, 0.4) is 0 Å². The highest BCUT2D eigenvalue weighted by Crippen LogP contribution is 2.21. The first-order chi connectivity index (χ1) is 8.18. The number of hydrogen-bond acceptors (Lipinski definition) is 3. The van der Waals surface area contributed by atoms with Crippen LogP contribution >= 0.6 is 0 Å². The summed E-state index contributed by atoms with van der Waals surface area (Å²) in [6, 6.07) is 6.88. The number of hydrogen-bond donors (Lipinski definition) is 1. The van der Waals surface area contributed by atoms with Crippen LogP contribution in [0.2, 0.25) is 0 Å². The van der Waals surface area contributed by atoms with Crippen molar-refractivity contribution in [2.24, 2.45) is 0 Å². The van der Waals surface area contributed by atoms with Crippen molar-refractivity contribution >= 4 is 10.0 Å². The minimum Gasteiger partial charge on any atom is -0.389 e. The molecule has 0 aliphatic rings. The molecule has 0 amide bonds. The van der Waals surface area contributed by atoms with Gasteiger partial charge < -0.3 is 5.11 Å². The van der Waals surface area contributed by atoms with Gasteiger partial charge >= 0.3 is 0 Å². The Balaban J connectivity index is 3.16. The Bertz CT molecular complexity index is 503. The largest absolute Gasteiger partial charge is 0.389 e. The predicted molar refractivity (Wildman–Crippen MR) is 71.9 cm³/mol. The van der Waals surface area contributed by atoms with E-state index in [2.05, 4.69) is 0 Å². The van der Waals surface area contributed by atoms with Crippen molar-refractivity contribution in [3.05, 3.63) is 29.8 Å². The van der Waals surface area contributed by atoms with Gasteiger partial charge in [0.1, 0.15) is 0 Å². The molecule has 0 unspecified atom stereocenters. The van der Waals surface area contributed by atoms with Gasteiger partial charge in [0.25, 0.3) is 0 Å². The summed E-state index contributed by atoms with van der Waals surface area (Å²) in [5, 5.41) is 9.79. The molecule has 0 aliphatic heterocycles. The van der Waals surface area contributed by atoms with Crippen LogP contribution in [0.4, 0.5) is 0 Å². The number of aryl methyl sites for hydroxylation is 1. The zero-order valence-corrected chi connectivity index (χ0v) is 12.2. The molecule has 0 aliphatic carbocycles. The third-order valence-electron chi connectivity index (χ3n) is 2.63. The smallest absolute Gasteiger partial charge is 0.243 e. The summed E-state index contributed by atoms with van der Waals surface area (Å²) in [5.41, 5.74) is -0.335. The van der Waals surface area contributed by atoms with E-state index in [1.807, 2.05) is 0 Å². The Morgan fingerprint density at radius 2 is 1.83 bits per heavy atom. The highest BCUT2D eigenvalue weighted by atomic mass is 32.2. The van der Waals surface area contributed by atoms with Gasteiger partial charge in [-0.15, -0.1) is 0 Å². The molecule has 1 N–H and O–H groups in total. The fourth-order valence-electron chi connectivity index (χ4n) is 1.78. The van der Waals surface area contributed by atoms with Crippen molar-refractivity contribution in [3.8, 4) is 0 Å². The van der Waals surface area contributed by atoms with E-state index < -0.39 is 15.6 Å². The second kappa shape index (κ2) is 5.38. The van der Waals surface area contributed by atoms with E-state index in [1.54, 1.807) is 52.0 Å². The van der Waals surface area contributed by atoms with Crippen LogP contribution in [0, 0.1) is 6.92 Å². The van der Waals surface area contributed by atoms with E-state index in [0.717, 1.165) is 0 Å². The summed E-state index contributed by atoms with van der Waals surface area (Å²) < 4.78 is 26.3. The van der Waals surface area contributed by atoms with E-state index in [1.165, 1.54) is 4.31 Å². The van der Waals surface area contributed by atoms with Crippen molar-refractivity contribution in [1.29, 1.82) is 0 Å². The maximum atomic E-state index is 12.5. The Labute approximate surface area is 109 Å². The third kappa shape index (κ3) is 3.54. The van der Waals surface area contributed by atoms with E-state index in [4.69, 9.17) is 0 Å². The predicted octanol–water partition coefficient (Wildman–Crippen LogP) is 1.78. The molecule has 4 nitrogen and oxygen atoms in total. The van der Waals surface area contributed by atoms with E-state index >= 15 is 0 Å². The molecule has 102 valence electrons. The Hall–Kier alpha value is -0.910. The number of aliphatic hydroxyl groups is 1. The normalized spacial score (nSPS) is 13.0. The molecule has 0 atom stereocenters. The maximum absolute atomic E-state index is 12.5. The molecule has 0 radical (unpaired) electrons. The minimum absolute atomic E-state index is 0.0835. The quantitative estimate of drug-likeness (QED) is 0.888. The molecule has 0 heterocycles. The SMILES string of the molecule is CCN(CC(C)(C)O)S(=O)(=O)c1ccccc1C. The van der Waals surface area contributed by atoms with Crippen molar-refractivity contribution < 1.29 is 13.5 Å². The number of likely N-dealkylation sites (N-methyl/N-ethyl adjacent to an activating group) is 1. The molecule has 0 spiro atoms. The van der Waals surface area contributed by atoms with Gasteiger partial charge in [0.05, 0.1) is 10.5 Å². The molecule has 5 heteroatoms. The lowest BCUT2D eigenvalue weighted by Gasteiger charge is -2.27. The first-order valence-electron chi connectivity index (χ1n) is 5.96. The zero-order valence-electron chi connectivity index (χ0n) is 11.3. The molecule has 0 saturated heterocycles. The molecule has 1 aromatic rings. The standard InChI is InChI=1S/C13H21NO3S/c1-5-14(10-13(3,4)15)18(16,17)12-9-7-6-8-11(12)2/h6-9,15H,5,10H2,1-4H3. The fourth-order valence-corrected chi connectivity index (χ4v) is 3.61. The molecule has 0 fully saturated rings. The van der Waals surface area contributed by atoms with Gasteiger partial charge in [-0.3, -0.25) is 0 Å². The molecule has 18 heavy (non-hydrogen) atoms. The summed E-state index contributed by atoms with van der Waals surface area (Å²) in [7, 11) is -3.54. The first kappa shape index (κ1) is 15.1. The van der Waals surface area contributed by atoms with Crippen LogP contribution < -0.4 is 0 Å². The second-order valence-electron chi connectivity index (χ2n) is 5.01. The van der Waals surface area contributed by atoms with Gasteiger partial charge in [0.2, 0.25) is 10.0 Å². The molecule has 1 aromatic carbocycles. The molecule has 0 bridgehead atoms. The van der Waals surface area contributed by atoms with Crippen molar-refractivity contribution in [2.45, 2.75) is 38.2 Å². The van der Waals surface area contributed by atoms with Crippen molar-refractivity contribution in [3.63, 3.8) is 0 Å². The van der Waals surface area contributed by atoms with Gasteiger partial charge in [0.15, 0.2) is 0 Å². The lowest BCUT2D eigenvalue weighted by molar-refractivity contribution is 0.0601. The van der Waals surface area contributed by atoms with Gasteiger partial charge in [-0.1, -0.05) is 25.1 Å². The Morgan fingerprint density at radius 1 is 1.28 bits per heavy atom. The summed E-state index contributed by atoms with van der Waals surface area (Å²) in [6.07, 6.45) is 0. The highest BCUT2D eigenvalue weighted by Gasteiger charge is 2.29. The molecule has 1 rings (SSSR count). The van der Waals surface area contributed by atoms with Gasteiger partial charge in [0, 0.05) is 13.1 Å². The Morgan fingerprint density at radius 3 is 2.28 bits per heavy atom. The van der Waals surface area contributed by atoms with Crippen molar-refractivity contribution in [2.75, 3.05) is 13.1 Å². The average molecular weight is 271 g/mol. The summed E-state index contributed by atoms with van der Waals surface area (Å²) in [4.78, 5) is 0.302. The van der Waals surface area contributed by atoms with Crippen molar-refractivity contribution in [1.82, 2.24) is 4.31 Å². The summed E-state index contributed by atoms with van der Waals surface area (Å²) in [6.45, 7) is 7.15. The van der Waals surface area contributed by atoms with Gasteiger partial charge in [-0.25, -0.2) is 8.42 Å². The monoisotopic (exact) mass is 271 g/mol. The number of rotatable bonds is 5. The molecular weight excluding hydrogens is 250 g/mol. The average Bonchev–Trinajstić information content (AvgIpc) is 2.24. The second-order valence-corrected chi connectivity index (χ2v) is 6.92. The zero-order chi connectivity index (χ0) is 14.0. The number of benzene rings is 1. The van der Waals surface area contributed by atoms with E-state index in [0.29, 0.717) is 17.0 Å². The highest BCUT2D eigenvalue weighted by molar-refractivity contribution is 7.89. The van der Waals surface area contributed by atoms with Gasteiger partial charge in [-0.05, 0) is 32.4 Å². The van der Waals surface area contributed by atoms with Crippen LogP contribution in [-0.2, 0) is 10.0 Å². The van der Waals surface area contributed by atoms with Crippen LogP contribution in [0.1, 0.15) is 26.3 Å². The Kier molecular flexibility index (Phi) is 4.53. The molecule has 0 saturated carbocycles. The summed E-state index contributed by atoms with van der Waals surface area (Å²) >= 11 is 0. The molecular formula is C13H21NO3S. The fraction of sp³-hybridized carbons (Fsp3) is 0.538. The third-order valence-corrected chi connectivity index (χ3v) is 4.71. The van der Waals surface area contributed by atoms with Crippen LogP contribution in [0.15, 0.2) is 29.2 Å².